The first-order chi connectivity index (χ1) is 15.5. The fourth-order valence-corrected chi connectivity index (χ4v) is 7.14. The molecule has 5 aliphatic rings. The molecule has 32 heavy (non-hydrogen) atoms. The van der Waals surface area contributed by atoms with E-state index in [1.54, 1.807) is 28.8 Å². The van der Waals surface area contributed by atoms with E-state index in [-0.39, 0.29) is 35.4 Å². The Balaban J connectivity index is 1.20. The van der Waals surface area contributed by atoms with Crippen molar-refractivity contribution in [3.63, 3.8) is 0 Å². The number of carbonyl (C=O) groups excluding carboxylic acids is 3. The third-order valence-electron chi connectivity index (χ3n) is 8.06. The maximum atomic E-state index is 13.2. The van der Waals surface area contributed by atoms with Crippen molar-refractivity contribution in [1.29, 1.82) is 0 Å². The van der Waals surface area contributed by atoms with Gasteiger partial charge in [0.1, 0.15) is 17.0 Å². The van der Waals surface area contributed by atoms with Crippen molar-refractivity contribution in [2.75, 3.05) is 26.2 Å². The Morgan fingerprint density at radius 2 is 1.84 bits per heavy atom. The summed E-state index contributed by atoms with van der Waals surface area (Å²) in [6.07, 6.45) is 9.51. The number of carbonyl (C=O) groups is 3. The lowest BCUT2D eigenvalue weighted by Crippen LogP contribution is -2.51. The van der Waals surface area contributed by atoms with Crippen LogP contribution < -0.4 is 10.6 Å². The fraction of sp³-hybridized carbons (Fsp3) is 0.583. The molecular weight excluding hydrogens is 406 g/mol. The van der Waals surface area contributed by atoms with Crippen LogP contribution in [-0.4, -0.2) is 58.2 Å². The molecule has 0 aromatic carbocycles. The second-order valence-electron chi connectivity index (χ2n) is 10.4. The van der Waals surface area contributed by atoms with Crippen LogP contribution in [0, 0.1) is 23.2 Å². The smallest absolute Gasteiger partial charge is 0.274 e. The monoisotopic (exact) mass is 435 g/mol. The molecule has 5 fully saturated rings. The minimum Gasteiger partial charge on any atom is -0.353 e. The van der Waals surface area contributed by atoms with Crippen LogP contribution in [0.4, 0.5) is 0 Å². The van der Waals surface area contributed by atoms with Gasteiger partial charge in [-0.05, 0) is 73.8 Å². The molecule has 2 aromatic heterocycles. The number of fused-ring (bicyclic) bond motifs is 1. The normalized spacial score (nSPS) is 31.1. The molecular formula is C24H29N5O3. The number of pyridine rings is 1. The molecule has 2 N–H and O–H groups in total. The number of imidazole rings is 1. The maximum Gasteiger partial charge on any atom is 0.274 e. The minimum absolute atomic E-state index is 0.0329. The summed E-state index contributed by atoms with van der Waals surface area (Å²) in [7, 11) is 0. The van der Waals surface area contributed by atoms with Gasteiger partial charge in [0.05, 0.1) is 6.54 Å². The minimum atomic E-state index is -0.288. The quantitative estimate of drug-likeness (QED) is 0.766. The molecule has 1 saturated heterocycles. The maximum absolute atomic E-state index is 13.2. The number of amides is 3. The lowest BCUT2D eigenvalue weighted by Gasteiger charge is -2.56. The van der Waals surface area contributed by atoms with Gasteiger partial charge in [-0.1, -0.05) is 6.07 Å². The Morgan fingerprint density at radius 1 is 1.12 bits per heavy atom. The van der Waals surface area contributed by atoms with E-state index in [2.05, 4.69) is 15.6 Å². The van der Waals surface area contributed by atoms with E-state index in [4.69, 9.17) is 0 Å². The highest BCUT2D eigenvalue weighted by molar-refractivity contribution is 5.97. The standard InChI is InChI=1S/C24H29N5O3/c30-21-13-28(5-4-25-21)23(32)18-12-29-19(2-1-3-20(29)27-18)22(31)26-14-24-9-15-6-16(10-24)8-17(7-15)11-24/h1-3,12,15-17H,4-11,13-14H2,(H,25,30)(H,26,31). The lowest BCUT2D eigenvalue weighted by atomic mass is 9.49. The van der Waals surface area contributed by atoms with Crippen LogP contribution in [0.25, 0.3) is 5.65 Å². The summed E-state index contributed by atoms with van der Waals surface area (Å²) in [6.45, 7) is 1.66. The van der Waals surface area contributed by atoms with Gasteiger partial charge >= 0.3 is 0 Å². The second-order valence-corrected chi connectivity index (χ2v) is 10.4. The summed E-state index contributed by atoms with van der Waals surface area (Å²) < 4.78 is 1.69. The average molecular weight is 436 g/mol. The fourth-order valence-electron chi connectivity index (χ4n) is 7.14. The van der Waals surface area contributed by atoms with Crippen molar-refractivity contribution in [2.45, 2.75) is 38.5 Å². The number of rotatable bonds is 4. The highest BCUT2D eigenvalue weighted by atomic mass is 16.2. The van der Waals surface area contributed by atoms with Crippen molar-refractivity contribution in [3.05, 3.63) is 35.8 Å². The first-order valence-electron chi connectivity index (χ1n) is 11.8. The summed E-state index contributed by atoms with van der Waals surface area (Å²) >= 11 is 0. The number of hydrogen-bond donors (Lipinski definition) is 2. The molecule has 4 saturated carbocycles. The van der Waals surface area contributed by atoms with Gasteiger partial charge < -0.3 is 15.5 Å². The summed E-state index contributed by atoms with van der Waals surface area (Å²) in [5.41, 5.74) is 1.55. The first kappa shape index (κ1) is 19.8. The highest BCUT2D eigenvalue weighted by Crippen LogP contribution is 2.59. The van der Waals surface area contributed by atoms with Crippen molar-refractivity contribution < 1.29 is 14.4 Å². The lowest BCUT2D eigenvalue weighted by molar-refractivity contribution is -0.123. The second kappa shape index (κ2) is 7.32. The number of aromatic nitrogens is 2. The van der Waals surface area contributed by atoms with Gasteiger partial charge in [0.15, 0.2) is 0 Å². The zero-order chi connectivity index (χ0) is 21.9. The zero-order valence-corrected chi connectivity index (χ0v) is 18.2. The van der Waals surface area contributed by atoms with Crippen molar-refractivity contribution in [1.82, 2.24) is 24.9 Å². The number of nitrogens with zero attached hydrogens (tertiary/aromatic N) is 3. The molecule has 0 atom stereocenters. The number of hydrogen-bond acceptors (Lipinski definition) is 4. The van der Waals surface area contributed by atoms with E-state index in [0.717, 1.165) is 24.3 Å². The number of nitrogens with one attached hydrogen (secondary N) is 2. The van der Waals surface area contributed by atoms with E-state index in [1.807, 2.05) is 0 Å². The molecule has 3 amide bonds. The van der Waals surface area contributed by atoms with E-state index in [0.29, 0.717) is 24.4 Å². The zero-order valence-electron chi connectivity index (χ0n) is 18.2. The van der Waals surface area contributed by atoms with Crippen molar-refractivity contribution in [2.24, 2.45) is 23.2 Å². The Morgan fingerprint density at radius 3 is 2.53 bits per heavy atom. The predicted molar refractivity (Wildman–Crippen MR) is 117 cm³/mol. The third-order valence-corrected chi connectivity index (χ3v) is 8.06. The Bertz CT molecular complexity index is 1070. The molecule has 7 rings (SSSR count). The molecule has 2 aromatic rings. The molecule has 0 unspecified atom stereocenters. The predicted octanol–water partition coefficient (Wildman–Crippen LogP) is 1.85. The van der Waals surface area contributed by atoms with Gasteiger partial charge in [-0.25, -0.2) is 4.98 Å². The average Bonchev–Trinajstić information content (AvgIpc) is 3.20. The van der Waals surface area contributed by atoms with Crippen LogP contribution in [-0.2, 0) is 4.79 Å². The van der Waals surface area contributed by atoms with Crippen LogP contribution in [0.3, 0.4) is 0 Å². The van der Waals surface area contributed by atoms with Crippen LogP contribution in [0.5, 0.6) is 0 Å². The summed E-state index contributed by atoms with van der Waals surface area (Å²) in [4.78, 5) is 43.6. The largest absolute Gasteiger partial charge is 0.353 e. The van der Waals surface area contributed by atoms with Gasteiger partial charge in [-0.2, -0.15) is 0 Å². The van der Waals surface area contributed by atoms with Crippen LogP contribution >= 0.6 is 0 Å². The van der Waals surface area contributed by atoms with E-state index in [1.165, 1.54) is 43.4 Å². The van der Waals surface area contributed by atoms with Crippen molar-refractivity contribution >= 4 is 23.4 Å². The van der Waals surface area contributed by atoms with Crippen LogP contribution in [0.2, 0.25) is 0 Å². The molecule has 4 bridgehead atoms. The highest BCUT2D eigenvalue weighted by Gasteiger charge is 2.50. The Labute approximate surface area is 186 Å². The van der Waals surface area contributed by atoms with Gasteiger partial charge in [-0.15, -0.1) is 0 Å². The SMILES string of the molecule is O=C1CN(C(=O)c2cn3c(C(=O)NCC45CC6CC(CC(C6)C4)C5)cccc3n2)CCN1. The summed E-state index contributed by atoms with van der Waals surface area (Å²) in [5, 5.41) is 5.94. The topological polar surface area (TPSA) is 95.8 Å². The molecule has 168 valence electrons. The molecule has 1 aliphatic heterocycles. The van der Waals surface area contributed by atoms with Crippen molar-refractivity contribution in [3.8, 4) is 0 Å². The molecule has 8 nitrogen and oxygen atoms in total. The Hall–Kier alpha value is -2.90. The van der Waals surface area contributed by atoms with Gasteiger partial charge in [0.2, 0.25) is 5.91 Å². The first-order valence-corrected chi connectivity index (χ1v) is 11.8. The van der Waals surface area contributed by atoms with Gasteiger partial charge in [0, 0.05) is 25.8 Å². The van der Waals surface area contributed by atoms with Gasteiger partial charge in [-0.3, -0.25) is 18.8 Å². The molecule has 8 heteroatoms. The number of piperazine rings is 1. The Kier molecular flexibility index (Phi) is 4.52. The molecule has 4 aliphatic carbocycles. The van der Waals surface area contributed by atoms with E-state index in [9.17, 15) is 14.4 Å². The van der Waals surface area contributed by atoms with E-state index < -0.39 is 0 Å². The van der Waals surface area contributed by atoms with Crippen LogP contribution in [0.15, 0.2) is 24.4 Å². The third kappa shape index (κ3) is 3.36. The van der Waals surface area contributed by atoms with Crippen LogP contribution in [0.1, 0.15) is 59.5 Å². The van der Waals surface area contributed by atoms with Gasteiger partial charge in [0.25, 0.3) is 11.8 Å². The summed E-state index contributed by atoms with van der Waals surface area (Å²) in [5.74, 6) is 1.96. The molecule has 3 heterocycles. The van der Waals surface area contributed by atoms with E-state index >= 15 is 0 Å². The molecule has 0 spiro atoms. The summed E-state index contributed by atoms with van der Waals surface area (Å²) in [6, 6.07) is 5.35. The molecule has 0 radical (unpaired) electrons.